The molecular formula is C26H24Br2N2O3. The van der Waals surface area contributed by atoms with E-state index in [9.17, 15) is 4.79 Å². The van der Waals surface area contributed by atoms with Crippen molar-refractivity contribution in [1.29, 1.82) is 0 Å². The summed E-state index contributed by atoms with van der Waals surface area (Å²) < 4.78 is 13.4. The van der Waals surface area contributed by atoms with Crippen LogP contribution in [0.25, 0.3) is 22.6 Å². The van der Waals surface area contributed by atoms with E-state index in [0.717, 1.165) is 37.6 Å². The molecule has 0 bridgehead atoms. The van der Waals surface area contributed by atoms with Crippen LogP contribution in [0.15, 0.2) is 68.0 Å². The molecule has 5 nitrogen and oxygen atoms in total. The first-order valence-corrected chi connectivity index (χ1v) is 12.3. The summed E-state index contributed by atoms with van der Waals surface area (Å²) in [5.41, 5.74) is 5.33. The van der Waals surface area contributed by atoms with Crippen LogP contribution in [-0.2, 0) is 4.79 Å². The first kappa shape index (κ1) is 23.5. The molecule has 0 unspecified atom stereocenters. The smallest absolute Gasteiger partial charge is 0.262 e. The molecule has 3 aromatic carbocycles. The summed E-state index contributed by atoms with van der Waals surface area (Å²) in [6.45, 7) is 6.22. The fourth-order valence-electron chi connectivity index (χ4n) is 3.51. The number of benzene rings is 3. The minimum Gasteiger partial charge on any atom is -0.482 e. The molecule has 4 rings (SSSR count). The molecule has 0 spiro atoms. The number of aryl methyl sites for hydroxylation is 1. The number of amides is 1. The van der Waals surface area contributed by atoms with E-state index < -0.39 is 0 Å². The van der Waals surface area contributed by atoms with E-state index in [1.165, 1.54) is 5.56 Å². The van der Waals surface area contributed by atoms with Crippen LogP contribution < -0.4 is 10.1 Å². The molecule has 0 radical (unpaired) electrons. The summed E-state index contributed by atoms with van der Waals surface area (Å²) in [6.07, 6.45) is 1.08. The van der Waals surface area contributed by atoms with Gasteiger partial charge in [0.05, 0.1) is 4.47 Å². The molecule has 0 fully saturated rings. The van der Waals surface area contributed by atoms with Gasteiger partial charge in [0.1, 0.15) is 11.3 Å². The number of hydrogen-bond donors (Lipinski definition) is 1. The van der Waals surface area contributed by atoms with Gasteiger partial charge in [0.2, 0.25) is 5.89 Å². The molecule has 33 heavy (non-hydrogen) atoms. The molecule has 0 aliphatic heterocycles. The van der Waals surface area contributed by atoms with Crippen molar-refractivity contribution in [2.75, 3.05) is 11.9 Å². The second kappa shape index (κ2) is 10.1. The fraction of sp³-hybridized carbons (Fsp3) is 0.231. The Kier molecular flexibility index (Phi) is 7.20. The minimum absolute atomic E-state index is 0.0908. The van der Waals surface area contributed by atoms with E-state index in [-0.39, 0.29) is 12.5 Å². The number of aromatic nitrogens is 1. The molecule has 0 aliphatic carbocycles. The SMILES string of the molecule is CC[C@@H](C)c1ccc2oc(-c3ccc(NC(=O)COc4c(C)cc(Br)cc4Br)cc3)nc2c1. The first-order chi connectivity index (χ1) is 15.8. The average Bonchev–Trinajstić information content (AvgIpc) is 3.21. The van der Waals surface area contributed by atoms with E-state index in [4.69, 9.17) is 9.15 Å². The molecule has 1 aromatic heterocycles. The minimum atomic E-state index is -0.239. The summed E-state index contributed by atoms with van der Waals surface area (Å²) in [4.78, 5) is 17.0. The van der Waals surface area contributed by atoms with Crippen molar-refractivity contribution in [2.45, 2.75) is 33.1 Å². The van der Waals surface area contributed by atoms with Crippen molar-refractivity contribution in [3.05, 3.63) is 74.7 Å². The van der Waals surface area contributed by atoms with Crippen LogP contribution >= 0.6 is 31.9 Å². The Hall–Kier alpha value is -2.64. The summed E-state index contributed by atoms with van der Waals surface area (Å²) >= 11 is 6.91. The Balaban J connectivity index is 1.41. The van der Waals surface area contributed by atoms with Crippen LogP contribution in [0, 0.1) is 6.92 Å². The van der Waals surface area contributed by atoms with Gasteiger partial charge in [0, 0.05) is 15.7 Å². The number of carbonyl (C=O) groups excluding carboxylic acids is 1. The second-order valence-corrected chi connectivity index (χ2v) is 9.77. The fourth-order valence-corrected chi connectivity index (χ4v) is 5.07. The van der Waals surface area contributed by atoms with Gasteiger partial charge in [-0.2, -0.15) is 0 Å². The maximum Gasteiger partial charge on any atom is 0.262 e. The molecule has 7 heteroatoms. The lowest BCUT2D eigenvalue weighted by Gasteiger charge is -2.12. The van der Waals surface area contributed by atoms with E-state index in [1.807, 2.05) is 49.4 Å². The topological polar surface area (TPSA) is 64.4 Å². The summed E-state index contributed by atoms with van der Waals surface area (Å²) in [7, 11) is 0. The highest BCUT2D eigenvalue weighted by Crippen LogP contribution is 2.32. The predicted molar refractivity (Wildman–Crippen MR) is 139 cm³/mol. The van der Waals surface area contributed by atoms with Gasteiger partial charge >= 0.3 is 0 Å². The molecule has 4 aromatic rings. The highest BCUT2D eigenvalue weighted by atomic mass is 79.9. The highest BCUT2D eigenvalue weighted by molar-refractivity contribution is 9.11. The quantitative estimate of drug-likeness (QED) is 0.245. The number of carbonyl (C=O) groups is 1. The van der Waals surface area contributed by atoms with E-state index in [0.29, 0.717) is 23.2 Å². The molecule has 1 atom stereocenters. The van der Waals surface area contributed by atoms with Crippen molar-refractivity contribution in [2.24, 2.45) is 0 Å². The standard InChI is InChI=1S/C26H24Br2N2O3/c1-4-15(2)18-7-10-23-22(12-18)30-26(33-23)17-5-8-20(9-6-17)29-24(31)14-32-25-16(3)11-19(27)13-21(25)28/h5-13,15H,4,14H2,1-3H3,(H,29,31)/t15-/m1/s1. The summed E-state index contributed by atoms with van der Waals surface area (Å²) in [5, 5.41) is 2.85. The predicted octanol–water partition coefficient (Wildman–Crippen LogP) is 7.86. The first-order valence-electron chi connectivity index (χ1n) is 10.7. The Labute approximate surface area is 209 Å². The Morgan fingerprint density at radius 1 is 1.12 bits per heavy atom. The van der Waals surface area contributed by atoms with Crippen molar-refractivity contribution in [3.8, 4) is 17.2 Å². The third-order valence-corrected chi connectivity index (χ3v) is 6.60. The van der Waals surface area contributed by atoms with Crippen molar-refractivity contribution in [3.63, 3.8) is 0 Å². The average molecular weight is 572 g/mol. The number of hydrogen-bond acceptors (Lipinski definition) is 4. The number of halogens is 2. The lowest BCUT2D eigenvalue weighted by molar-refractivity contribution is -0.118. The third kappa shape index (κ3) is 5.47. The Morgan fingerprint density at radius 2 is 1.88 bits per heavy atom. The number of nitrogens with one attached hydrogen (secondary N) is 1. The van der Waals surface area contributed by atoms with Gasteiger partial charge in [-0.05, 0) is 94.9 Å². The van der Waals surface area contributed by atoms with Crippen molar-refractivity contribution in [1.82, 2.24) is 4.98 Å². The third-order valence-electron chi connectivity index (χ3n) is 5.55. The lowest BCUT2D eigenvalue weighted by atomic mass is 9.98. The molecular weight excluding hydrogens is 548 g/mol. The van der Waals surface area contributed by atoms with Gasteiger partial charge in [0.15, 0.2) is 12.2 Å². The zero-order valence-electron chi connectivity index (χ0n) is 18.6. The Bertz CT molecular complexity index is 1280. The number of oxazole rings is 1. The molecule has 0 aliphatic rings. The summed E-state index contributed by atoms with van der Waals surface area (Å²) in [6, 6.07) is 17.4. The van der Waals surface area contributed by atoms with Crippen LogP contribution in [0.2, 0.25) is 0 Å². The number of rotatable bonds is 7. The van der Waals surface area contributed by atoms with Gasteiger partial charge in [-0.1, -0.05) is 35.8 Å². The number of fused-ring (bicyclic) bond motifs is 1. The molecule has 0 saturated carbocycles. The van der Waals surface area contributed by atoms with Crippen LogP contribution in [-0.4, -0.2) is 17.5 Å². The summed E-state index contributed by atoms with van der Waals surface area (Å²) in [5.74, 6) is 1.45. The van der Waals surface area contributed by atoms with Gasteiger partial charge in [-0.3, -0.25) is 4.79 Å². The Morgan fingerprint density at radius 3 is 2.58 bits per heavy atom. The molecule has 1 heterocycles. The van der Waals surface area contributed by atoms with Crippen molar-refractivity contribution >= 4 is 54.6 Å². The van der Waals surface area contributed by atoms with Crippen LogP contribution in [0.1, 0.15) is 37.3 Å². The number of nitrogens with zero attached hydrogens (tertiary/aromatic N) is 1. The maximum absolute atomic E-state index is 12.4. The lowest BCUT2D eigenvalue weighted by Crippen LogP contribution is -2.20. The van der Waals surface area contributed by atoms with E-state index in [2.05, 4.69) is 68.1 Å². The zero-order chi connectivity index (χ0) is 23.5. The largest absolute Gasteiger partial charge is 0.482 e. The molecule has 170 valence electrons. The van der Waals surface area contributed by atoms with Crippen LogP contribution in [0.4, 0.5) is 5.69 Å². The molecule has 1 N–H and O–H groups in total. The number of anilines is 1. The van der Waals surface area contributed by atoms with Crippen molar-refractivity contribution < 1.29 is 13.9 Å². The number of ether oxygens (including phenoxy) is 1. The monoisotopic (exact) mass is 570 g/mol. The second-order valence-electron chi connectivity index (χ2n) is 8.00. The highest BCUT2D eigenvalue weighted by Gasteiger charge is 2.13. The van der Waals surface area contributed by atoms with E-state index in [1.54, 1.807) is 0 Å². The van der Waals surface area contributed by atoms with Gasteiger partial charge in [0.25, 0.3) is 5.91 Å². The van der Waals surface area contributed by atoms with Crippen LogP contribution in [0.3, 0.4) is 0 Å². The molecule has 1 amide bonds. The normalized spacial score (nSPS) is 12.0. The zero-order valence-corrected chi connectivity index (χ0v) is 21.8. The van der Waals surface area contributed by atoms with Gasteiger partial charge in [-0.25, -0.2) is 4.98 Å². The van der Waals surface area contributed by atoms with Gasteiger partial charge < -0.3 is 14.5 Å². The van der Waals surface area contributed by atoms with Crippen LogP contribution in [0.5, 0.6) is 5.75 Å². The van der Waals surface area contributed by atoms with E-state index >= 15 is 0 Å². The maximum atomic E-state index is 12.4. The molecule has 0 saturated heterocycles. The van der Waals surface area contributed by atoms with Gasteiger partial charge in [-0.15, -0.1) is 0 Å².